The van der Waals surface area contributed by atoms with E-state index in [1.165, 1.54) is 7.11 Å². The highest BCUT2D eigenvalue weighted by Crippen LogP contribution is 2.47. The number of esters is 1. The van der Waals surface area contributed by atoms with Crippen LogP contribution in [0.3, 0.4) is 0 Å². The summed E-state index contributed by atoms with van der Waals surface area (Å²) in [6, 6.07) is 19.4. The summed E-state index contributed by atoms with van der Waals surface area (Å²) in [5.41, 5.74) is 8.12. The van der Waals surface area contributed by atoms with Gasteiger partial charge in [-0.1, -0.05) is 34.1 Å². The van der Waals surface area contributed by atoms with Crippen molar-refractivity contribution in [3.63, 3.8) is 0 Å². The lowest BCUT2D eigenvalue weighted by Crippen LogP contribution is -2.21. The van der Waals surface area contributed by atoms with E-state index in [0.717, 1.165) is 4.47 Å². The van der Waals surface area contributed by atoms with Gasteiger partial charge in [-0.25, -0.2) is 4.79 Å². The van der Waals surface area contributed by atoms with Gasteiger partial charge in [0, 0.05) is 21.7 Å². The number of nitrogens with zero attached hydrogens (tertiary/aromatic N) is 1. The molecule has 1 atom stereocenters. The van der Waals surface area contributed by atoms with Crippen LogP contribution in [0.4, 0.5) is 0 Å². The van der Waals surface area contributed by atoms with Gasteiger partial charge in [0.15, 0.2) is 11.5 Å². The number of rotatable bonds is 5. The quantitative estimate of drug-likeness (QED) is 0.387. The molecule has 0 aromatic heterocycles. The third-order valence-electron chi connectivity index (χ3n) is 5.23. The molecule has 0 amide bonds. The monoisotopic (exact) mass is 506 g/mol. The first kappa shape index (κ1) is 22.2. The largest absolute Gasteiger partial charge is 0.493 e. The van der Waals surface area contributed by atoms with E-state index < -0.39 is 11.9 Å². The molecule has 3 aromatic rings. The maximum atomic E-state index is 12.5. The zero-order chi connectivity index (χ0) is 23.5. The molecule has 2 N–H and O–H groups in total. The Morgan fingerprint density at radius 1 is 1.06 bits per heavy atom. The smallest absolute Gasteiger partial charge is 0.343 e. The number of allylic oxidation sites excluding steroid dienone is 1. The molecule has 166 valence electrons. The normalized spacial score (nSPS) is 14.5. The fourth-order valence-corrected chi connectivity index (χ4v) is 3.97. The minimum absolute atomic E-state index is 0.0312. The number of carbonyl (C=O) groups is 1. The van der Waals surface area contributed by atoms with Crippen LogP contribution in [0, 0.1) is 11.3 Å². The molecule has 0 spiro atoms. The number of benzene rings is 3. The third kappa shape index (κ3) is 4.23. The van der Waals surface area contributed by atoms with Gasteiger partial charge in [-0.2, -0.15) is 5.26 Å². The number of halogens is 1. The zero-order valence-corrected chi connectivity index (χ0v) is 19.4. The minimum Gasteiger partial charge on any atom is -0.493 e. The highest BCUT2D eigenvalue weighted by atomic mass is 79.9. The fourth-order valence-electron chi connectivity index (χ4n) is 3.71. The second-order valence-corrected chi connectivity index (χ2v) is 8.02. The van der Waals surface area contributed by atoms with E-state index in [1.807, 2.05) is 12.1 Å². The van der Waals surface area contributed by atoms with Crippen LogP contribution < -0.4 is 24.7 Å². The topological polar surface area (TPSA) is 104 Å². The van der Waals surface area contributed by atoms with Crippen LogP contribution in [-0.2, 0) is 0 Å². The minimum atomic E-state index is -0.556. The molecule has 7 nitrogen and oxygen atoms in total. The molecule has 0 aliphatic carbocycles. The van der Waals surface area contributed by atoms with Crippen LogP contribution in [0.15, 0.2) is 76.6 Å². The van der Waals surface area contributed by atoms with Gasteiger partial charge >= 0.3 is 5.97 Å². The van der Waals surface area contributed by atoms with E-state index in [4.69, 9.17) is 24.7 Å². The number of carbonyl (C=O) groups excluding carboxylic acids is 1. The molecule has 4 rings (SSSR count). The maximum absolute atomic E-state index is 12.5. The van der Waals surface area contributed by atoms with Crippen molar-refractivity contribution in [2.45, 2.75) is 5.92 Å². The van der Waals surface area contributed by atoms with Crippen LogP contribution in [0.25, 0.3) is 0 Å². The Bertz CT molecular complexity index is 1300. The Labute approximate surface area is 199 Å². The second kappa shape index (κ2) is 9.27. The third-order valence-corrected chi connectivity index (χ3v) is 5.75. The van der Waals surface area contributed by atoms with Gasteiger partial charge in [0.25, 0.3) is 0 Å². The molecule has 0 bridgehead atoms. The average molecular weight is 507 g/mol. The summed E-state index contributed by atoms with van der Waals surface area (Å²) in [6.45, 7) is 0. The molecule has 1 aliphatic rings. The molecular formula is C25H19BrN2O5. The number of hydrogen-bond donors (Lipinski definition) is 1. The fraction of sp³-hybridized carbons (Fsp3) is 0.120. The molecule has 1 heterocycles. The van der Waals surface area contributed by atoms with Crippen molar-refractivity contribution in [1.29, 1.82) is 5.26 Å². The molecule has 0 fully saturated rings. The van der Waals surface area contributed by atoms with Crippen molar-refractivity contribution >= 4 is 21.9 Å². The van der Waals surface area contributed by atoms with Crippen molar-refractivity contribution in [3.05, 3.63) is 93.3 Å². The van der Waals surface area contributed by atoms with E-state index in [1.54, 1.807) is 55.6 Å². The van der Waals surface area contributed by atoms with Crippen molar-refractivity contribution in [2.24, 2.45) is 5.73 Å². The van der Waals surface area contributed by atoms with E-state index in [-0.39, 0.29) is 17.2 Å². The van der Waals surface area contributed by atoms with E-state index >= 15 is 0 Å². The SMILES string of the molecule is COc1cccc(C2C(C#N)=C(N)Oc3cc(OC(=O)c4ccc(Br)cc4)ccc32)c1OC. The van der Waals surface area contributed by atoms with Gasteiger partial charge in [-0.15, -0.1) is 0 Å². The summed E-state index contributed by atoms with van der Waals surface area (Å²) >= 11 is 3.34. The van der Waals surface area contributed by atoms with E-state index in [0.29, 0.717) is 33.9 Å². The standard InChI is InChI=1S/C25H19BrN2O5/c1-30-20-5-3-4-18(23(20)31-2)22-17-11-10-16(12-21(17)33-24(28)19(22)13-27)32-25(29)14-6-8-15(26)9-7-14/h3-12,22H,28H2,1-2H3. The molecule has 3 aromatic carbocycles. The predicted octanol–water partition coefficient (Wildman–Crippen LogP) is 4.90. The summed E-state index contributed by atoms with van der Waals surface area (Å²) < 4.78 is 23.1. The van der Waals surface area contributed by atoms with Crippen molar-refractivity contribution in [2.75, 3.05) is 14.2 Å². The molecule has 8 heteroatoms. The lowest BCUT2D eigenvalue weighted by atomic mass is 9.83. The maximum Gasteiger partial charge on any atom is 0.343 e. The predicted molar refractivity (Wildman–Crippen MR) is 124 cm³/mol. The van der Waals surface area contributed by atoms with Crippen LogP contribution in [0.5, 0.6) is 23.0 Å². The van der Waals surface area contributed by atoms with Gasteiger partial charge in [-0.05, 0) is 36.4 Å². The first-order valence-electron chi connectivity index (χ1n) is 9.87. The van der Waals surface area contributed by atoms with Gasteiger partial charge in [0.2, 0.25) is 5.88 Å². The summed E-state index contributed by atoms with van der Waals surface area (Å²) in [7, 11) is 3.08. The molecule has 1 unspecified atom stereocenters. The highest BCUT2D eigenvalue weighted by Gasteiger charge is 2.33. The van der Waals surface area contributed by atoms with Gasteiger partial charge in [-0.3, -0.25) is 0 Å². The number of ether oxygens (including phenoxy) is 4. The van der Waals surface area contributed by atoms with Crippen molar-refractivity contribution in [1.82, 2.24) is 0 Å². The van der Waals surface area contributed by atoms with Crippen LogP contribution >= 0.6 is 15.9 Å². The summed E-state index contributed by atoms with van der Waals surface area (Å²) in [5, 5.41) is 9.82. The Balaban J connectivity index is 1.74. The molecular weight excluding hydrogens is 488 g/mol. The Kier molecular flexibility index (Phi) is 6.24. The van der Waals surface area contributed by atoms with Gasteiger partial charge in [0.05, 0.1) is 25.7 Å². The number of fused-ring (bicyclic) bond motifs is 1. The lowest BCUT2D eigenvalue weighted by Gasteiger charge is -2.28. The van der Waals surface area contributed by atoms with Crippen LogP contribution in [0.2, 0.25) is 0 Å². The van der Waals surface area contributed by atoms with Crippen molar-refractivity contribution < 1.29 is 23.7 Å². The highest BCUT2D eigenvalue weighted by molar-refractivity contribution is 9.10. The average Bonchev–Trinajstić information content (AvgIpc) is 2.82. The number of hydrogen-bond acceptors (Lipinski definition) is 7. The molecule has 1 aliphatic heterocycles. The summed E-state index contributed by atoms with van der Waals surface area (Å²) in [6.07, 6.45) is 0. The number of methoxy groups -OCH3 is 2. The second-order valence-electron chi connectivity index (χ2n) is 7.10. The Hall–Kier alpha value is -3.96. The number of nitrogens with two attached hydrogens (primary N) is 1. The Morgan fingerprint density at radius 3 is 2.48 bits per heavy atom. The number of nitriles is 1. The first-order chi connectivity index (χ1) is 16.0. The molecule has 0 saturated heterocycles. The van der Waals surface area contributed by atoms with Crippen LogP contribution in [-0.4, -0.2) is 20.2 Å². The summed E-state index contributed by atoms with van der Waals surface area (Å²) in [5.74, 6) is 0.582. The lowest BCUT2D eigenvalue weighted by molar-refractivity contribution is 0.0734. The van der Waals surface area contributed by atoms with E-state index in [2.05, 4.69) is 22.0 Å². The van der Waals surface area contributed by atoms with Gasteiger partial charge < -0.3 is 24.7 Å². The zero-order valence-electron chi connectivity index (χ0n) is 17.8. The first-order valence-corrected chi connectivity index (χ1v) is 10.7. The number of para-hydroxylation sites is 1. The Morgan fingerprint density at radius 2 is 1.82 bits per heavy atom. The molecule has 0 saturated carbocycles. The van der Waals surface area contributed by atoms with E-state index in [9.17, 15) is 10.1 Å². The van der Waals surface area contributed by atoms with Crippen molar-refractivity contribution in [3.8, 4) is 29.1 Å². The van der Waals surface area contributed by atoms with Crippen LogP contribution in [0.1, 0.15) is 27.4 Å². The molecule has 33 heavy (non-hydrogen) atoms. The summed E-state index contributed by atoms with van der Waals surface area (Å²) in [4.78, 5) is 12.5. The molecule has 0 radical (unpaired) electrons. The van der Waals surface area contributed by atoms with Gasteiger partial charge in [0.1, 0.15) is 23.1 Å².